The number of sulfone groups is 1. The van der Waals surface area contributed by atoms with Crippen molar-refractivity contribution in [2.75, 3.05) is 5.73 Å². The maximum atomic E-state index is 13.3. The predicted molar refractivity (Wildman–Crippen MR) is 70.7 cm³/mol. The average Bonchev–Trinajstić information content (AvgIpc) is 2.35. The van der Waals surface area contributed by atoms with Crippen LogP contribution in [-0.4, -0.2) is 13.4 Å². The van der Waals surface area contributed by atoms with Crippen molar-refractivity contribution >= 4 is 15.5 Å². The lowest BCUT2D eigenvalue weighted by atomic mass is 10.2. The summed E-state index contributed by atoms with van der Waals surface area (Å²) in [5.41, 5.74) is 6.49. The molecule has 19 heavy (non-hydrogen) atoms. The third-order valence-electron chi connectivity index (χ3n) is 2.78. The first-order valence-electron chi connectivity index (χ1n) is 5.58. The van der Waals surface area contributed by atoms with Crippen molar-refractivity contribution in [1.29, 1.82) is 0 Å². The molecule has 0 atom stereocenters. The van der Waals surface area contributed by atoms with Gasteiger partial charge in [-0.3, -0.25) is 4.98 Å². The average molecular weight is 280 g/mol. The Labute approximate surface area is 111 Å². The quantitative estimate of drug-likeness (QED) is 0.874. The standard InChI is InChI=1S/C13H13FN2O2S/c1-9-3-2-6-16-13(9)8-19(17,18)10-4-5-12(15)11(14)7-10/h2-7H,8,15H2,1H3. The van der Waals surface area contributed by atoms with E-state index in [-0.39, 0.29) is 16.3 Å². The largest absolute Gasteiger partial charge is 0.396 e. The van der Waals surface area contributed by atoms with Crippen molar-refractivity contribution in [1.82, 2.24) is 4.98 Å². The normalized spacial score (nSPS) is 11.5. The summed E-state index contributed by atoms with van der Waals surface area (Å²) in [5, 5.41) is 0. The maximum absolute atomic E-state index is 13.3. The number of nitrogens with zero attached hydrogens (tertiary/aromatic N) is 1. The van der Waals surface area contributed by atoms with E-state index in [1.807, 2.05) is 0 Å². The van der Waals surface area contributed by atoms with E-state index in [0.717, 1.165) is 11.6 Å². The fourth-order valence-electron chi connectivity index (χ4n) is 1.63. The topological polar surface area (TPSA) is 73.0 Å². The highest BCUT2D eigenvalue weighted by atomic mass is 32.2. The number of hydrogen-bond acceptors (Lipinski definition) is 4. The number of aryl methyl sites for hydroxylation is 1. The van der Waals surface area contributed by atoms with Crippen LogP contribution in [0.3, 0.4) is 0 Å². The van der Waals surface area contributed by atoms with Gasteiger partial charge in [0.25, 0.3) is 0 Å². The number of halogens is 1. The molecule has 6 heteroatoms. The Hall–Kier alpha value is -1.95. The molecule has 0 aliphatic rings. The molecule has 0 spiro atoms. The van der Waals surface area contributed by atoms with E-state index < -0.39 is 15.7 Å². The van der Waals surface area contributed by atoms with Crippen LogP contribution in [0.4, 0.5) is 10.1 Å². The Kier molecular flexibility index (Phi) is 3.53. The lowest BCUT2D eigenvalue weighted by Crippen LogP contribution is -2.08. The molecule has 4 nitrogen and oxygen atoms in total. The second kappa shape index (κ2) is 4.97. The van der Waals surface area contributed by atoms with Gasteiger partial charge in [0.05, 0.1) is 22.0 Å². The Balaban J connectivity index is 2.38. The summed E-state index contributed by atoms with van der Waals surface area (Å²) in [4.78, 5) is 3.94. The molecule has 2 N–H and O–H groups in total. The van der Waals surface area contributed by atoms with Crippen LogP contribution in [0, 0.1) is 12.7 Å². The fourth-order valence-corrected chi connectivity index (χ4v) is 3.02. The van der Waals surface area contributed by atoms with E-state index in [2.05, 4.69) is 4.98 Å². The first-order chi connectivity index (χ1) is 8.90. The van der Waals surface area contributed by atoms with E-state index in [1.165, 1.54) is 18.3 Å². The number of anilines is 1. The summed E-state index contributed by atoms with van der Waals surface area (Å²) < 4.78 is 37.7. The van der Waals surface area contributed by atoms with Gasteiger partial charge in [0.15, 0.2) is 9.84 Å². The molecule has 0 aliphatic carbocycles. The molecule has 100 valence electrons. The van der Waals surface area contributed by atoms with Gasteiger partial charge < -0.3 is 5.73 Å². The zero-order valence-electron chi connectivity index (χ0n) is 10.3. The molecule has 0 saturated heterocycles. The highest BCUT2D eigenvalue weighted by Gasteiger charge is 2.18. The highest BCUT2D eigenvalue weighted by molar-refractivity contribution is 7.90. The zero-order chi connectivity index (χ0) is 14.0. The molecule has 2 aromatic rings. The number of aromatic nitrogens is 1. The molecule has 0 saturated carbocycles. The predicted octanol–water partition coefficient (Wildman–Crippen LogP) is 2.09. The van der Waals surface area contributed by atoms with Crippen molar-refractivity contribution in [2.45, 2.75) is 17.6 Å². The minimum absolute atomic E-state index is 0.0760. The molecule has 0 aliphatic heterocycles. The Morgan fingerprint density at radius 3 is 2.68 bits per heavy atom. The molecular weight excluding hydrogens is 267 g/mol. The SMILES string of the molecule is Cc1cccnc1CS(=O)(=O)c1ccc(N)c(F)c1. The lowest BCUT2D eigenvalue weighted by molar-refractivity contribution is 0.590. The van der Waals surface area contributed by atoms with Crippen molar-refractivity contribution < 1.29 is 12.8 Å². The van der Waals surface area contributed by atoms with Gasteiger partial charge in [0, 0.05) is 6.20 Å². The van der Waals surface area contributed by atoms with Crippen LogP contribution >= 0.6 is 0 Å². The molecule has 0 amide bonds. The number of nitrogen functional groups attached to an aromatic ring is 1. The Morgan fingerprint density at radius 1 is 1.32 bits per heavy atom. The molecule has 0 radical (unpaired) electrons. The van der Waals surface area contributed by atoms with Gasteiger partial charge in [0.2, 0.25) is 0 Å². The van der Waals surface area contributed by atoms with Gasteiger partial charge >= 0.3 is 0 Å². The third kappa shape index (κ3) is 2.90. The van der Waals surface area contributed by atoms with Crippen LogP contribution in [-0.2, 0) is 15.6 Å². The van der Waals surface area contributed by atoms with Crippen molar-refractivity contribution in [3.05, 3.63) is 53.6 Å². The van der Waals surface area contributed by atoms with Gasteiger partial charge in [-0.2, -0.15) is 0 Å². The highest BCUT2D eigenvalue weighted by Crippen LogP contribution is 2.20. The smallest absolute Gasteiger partial charge is 0.184 e. The number of hydrogen-bond donors (Lipinski definition) is 1. The van der Waals surface area contributed by atoms with Gasteiger partial charge in [-0.1, -0.05) is 6.07 Å². The maximum Gasteiger partial charge on any atom is 0.184 e. The Bertz CT molecular complexity index is 714. The summed E-state index contributed by atoms with van der Waals surface area (Å²) >= 11 is 0. The van der Waals surface area contributed by atoms with Crippen LogP contribution in [0.15, 0.2) is 41.4 Å². The van der Waals surface area contributed by atoms with Crippen molar-refractivity contribution in [3.63, 3.8) is 0 Å². The van der Waals surface area contributed by atoms with Crippen LogP contribution < -0.4 is 5.73 Å². The molecule has 0 fully saturated rings. The molecule has 2 rings (SSSR count). The summed E-state index contributed by atoms with van der Waals surface area (Å²) in [6.45, 7) is 1.78. The minimum atomic E-state index is -3.63. The molecule has 1 aromatic heterocycles. The monoisotopic (exact) mass is 280 g/mol. The van der Waals surface area contributed by atoms with Crippen LogP contribution in [0.5, 0.6) is 0 Å². The summed E-state index contributed by atoms with van der Waals surface area (Å²) in [6.07, 6.45) is 1.53. The Morgan fingerprint density at radius 2 is 2.05 bits per heavy atom. The van der Waals surface area contributed by atoms with E-state index >= 15 is 0 Å². The van der Waals surface area contributed by atoms with E-state index in [9.17, 15) is 12.8 Å². The van der Waals surface area contributed by atoms with E-state index in [1.54, 1.807) is 19.1 Å². The minimum Gasteiger partial charge on any atom is -0.396 e. The number of nitrogens with two attached hydrogens (primary N) is 1. The van der Waals surface area contributed by atoms with Crippen LogP contribution in [0.2, 0.25) is 0 Å². The van der Waals surface area contributed by atoms with Crippen molar-refractivity contribution in [3.8, 4) is 0 Å². The van der Waals surface area contributed by atoms with Gasteiger partial charge in [0.1, 0.15) is 5.82 Å². The second-order valence-corrected chi connectivity index (χ2v) is 6.20. The van der Waals surface area contributed by atoms with Crippen LogP contribution in [0.25, 0.3) is 0 Å². The summed E-state index contributed by atoms with van der Waals surface area (Å²) in [6, 6.07) is 6.98. The van der Waals surface area contributed by atoms with Gasteiger partial charge in [-0.25, -0.2) is 12.8 Å². The fraction of sp³-hybridized carbons (Fsp3) is 0.154. The van der Waals surface area contributed by atoms with Gasteiger partial charge in [-0.05, 0) is 36.8 Å². The summed E-state index contributed by atoms with van der Waals surface area (Å²) in [5.74, 6) is -0.998. The van der Waals surface area contributed by atoms with E-state index in [4.69, 9.17) is 5.73 Å². The summed E-state index contributed by atoms with van der Waals surface area (Å²) in [7, 11) is -3.63. The molecule has 0 unspecified atom stereocenters. The number of benzene rings is 1. The lowest BCUT2D eigenvalue weighted by Gasteiger charge is -2.07. The molecule has 1 aromatic carbocycles. The first kappa shape index (κ1) is 13.5. The number of pyridine rings is 1. The first-order valence-corrected chi connectivity index (χ1v) is 7.23. The zero-order valence-corrected chi connectivity index (χ0v) is 11.1. The number of rotatable bonds is 3. The van der Waals surface area contributed by atoms with Crippen LogP contribution in [0.1, 0.15) is 11.3 Å². The molecular formula is C13H13FN2O2S. The third-order valence-corrected chi connectivity index (χ3v) is 4.40. The molecule has 1 heterocycles. The second-order valence-electron chi connectivity index (χ2n) is 4.21. The van der Waals surface area contributed by atoms with E-state index in [0.29, 0.717) is 5.69 Å². The van der Waals surface area contributed by atoms with Crippen molar-refractivity contribution in [2.24, 2.45) is 0 Å². The van der Waals surface area contributed by atoms with Gasteiger partial charge in [-0.15, -0.1) is 0 Å². The molecule has 0 bridgehead atoms.